The van der Waals surface area contributed by atoms with Gasteiger partial charge in [-0.1, -0.05) is 37.3 Å². The molecule has 0 radical (unpaired) electrons. The quantitative estimate of drug-likeness (QED) is 0.652. The van der Waals surface area contributed by atoms with Gasteiger partial charge in [0.1, 0.15) is 12.6 Å². The van der Waals surface area contributed by atoms with E-state index in [2.05, 4.69) is 36.2 Å². The van der Waals surface area contributed by atoms with Crippen LogP contribution >= 0.6 is 0 Å². The van der Waals surface area contributed by atoms with Crippen LogP contribution in [-0.2, 0) is 11.2 Å². The highest BCUT2D eigenvalue weighted by Crippen LogP contribution is 2.08. The number of aryl methyl sites for hydroxylation is 1. The molecular formula is C22H24N2O3. The van der Waals surface area contributed by atoms with Crippen LogP contribution in [0.1, 0.15) is 40.4 Å². The SMILES string of the molecule is CCCc1cccc(C#Cc2ccc(C(=O)N[C@@H](CN)C(=O)CO)cc2)c1. The number of amides is 1. The van der Waals surface area contributed by atoms with Gasteiger partial charge in [0.2, 0.25) is 0 Å². The maximum atomic E-state index is 12.2. The second kappa shape index (κ2) is 10.3. The van der Waals surface area contributed by atoms with E-state index in [1.54, 1.807) is 24.3 Å². The smallest absolute Gasteiger partial charge is 0.251 e. The molecule has 0 fully saturated rings. The highest BCUT2D eigenvalue weighted by Gasteiger charge is 2.18. The van der Waals surface area contributed by atoms with Crippen molar-refractivity contribution >= 4 is 11.7 Å². The Balaban J connectivity index is 2.06. The Morgan fingerprint density at radius 1 is 1.11 bits per heavy atom. The Hall–Kier alpha value is -2.94. The normalized spacial score (nSPS) is 11.2. The zero-order valence-corrected chi connectivity index (χ0v) is 15.4. The van der Waals surface area contributed by atoms with Crippen LogP contribution < -0.4 is 11.1 Å². The van der Waals surface area contributed by atoms with Gasteiger partial charge in [0.15, 0.2) is 5.78 Å². The summed E-state index contributed by atoms with van der Waals surface area (Å²) in [7, 11) is 0. The van der Waals surface area contributed by atoms with Crippen LogP contribution in [0.3, 0.4) is 0 Å². The Bertz CT molecular complexity index is 848. The van der Waals surface area contributed by atoms with Gasteiger partial charge in [0.05, 0.1) is 0 Å². The Kier molecular flexibility index (Phi) is 7.75. The molecule has 0 aliphatic carbocycles. The molecule has 5 nitrogen and oxygen atoms in total. The fourth-order valence-corrected chi connectivity index (χ4v) is 2.57. The molecule has 0 saturated carbocycles. The molecule has 1 atom stereocenters. The molecule has 0 bridgehead atoms. The summed E-state index contributed by atoms with van der Waals surface area (Å²) >= 11 is 0. The van der Waals surface area contributed by atoms with Crippen molar-refractivity contribution in [1.82, 2.24) is 5.32 Å². The summed E-state index contributed by atoms with van der Waals surface area (Å²) in [5.41, 5.74) is 8.86. The molecular weight excluding hydrogens is 340 g/mol. The van der Waals surface area contributed by atoms with Crippen molar-refractivity contribution < 1.29 is 14.7 Å². The van der Waals surface area contributed by atoms with E-state index in [0.717, 1.165) is 24.0 Å². The predicted molar refractivity (Wildman–Crippen MR) is 105 cm³/mol. The highest BCUT2D eigenvalue weighted by molar-refractivity contribution is 5.98. The van der Waals surface area contributed by atoms with Gasteiger partial charge in [-0.15, -0.1) is 0 Å². The van der Waals surface area contributed by atoms with E-state index >= 15 is 0 Å². The molecule has 4 N–H and O–H groups in total. The number of carbonyl (C=O) groups excluding carboxylic acids is 2. The first-order valence-corrected chi connectivity index (χ1v) is 8.93. The average molecular weight is 364 g/mol. The monoisotopic (exact) mass is 364 g/mol. The number of hydrogen-bond acceptors (Lipinski definition) is 4. The van der Waals surface area contributed by atoms with E-state index in [4.69, 9.17) is 10.8 Å². The van der Waals surface area contributed by atoms with Gasteiger partial charge in [-0.3, -0.25) is 9.59 Å². The van der Waals surface area contributed by atoms with Crippen LogP contribution in [0.2, 0.25) is 0 Å². The number of aliphatic hydroxyl groups excluding tert-OH is 1. The van der Waals surface area contributed by atoms with Gasteiger partial charge in [0, 0.05) is 23.2 Å². The van der Waals surface area contributed by atoms with Gasteiger partial charge < -0.3 is 16.2 Å². The summed E-state index contributed by atoms with van der Waals surface area (Å²) in [5, 5.41) is 11.4. The van der Waals surface area contributed by atoms with Crippen molar-refractivity contribution in [2.45, 2.75) is 25.8 Å². The lowest BCUT2D eigenvalue weighted by atomic mass is 10.1. The first kappa shape index (κ1) is 20.4. The summed E-state index contributed by atoms with van der Waals surface area (Å²) in [6, 6.07) is 14.1. The molecule has 2 rings (SSSR count). The van der Waals surface area contributed by atoms with Crippen LogP contribution in [0, 0.1) is 11.8 Å². The van der Waals surface area contributed by atoms with E-state index in [1.807, 2.05) is 12.1 Å². The maximum absolute atomic E-state index is 12.2. The molecule has 140 valence electrons. The third kappa shape index (κ3) is 6.07. The molecule has 0 unspecified atom stereocenters. The first-order valence-electron chi connectivity index (χ1n) is 8.93. The van der Waals surface area contributed by atoms with Gasteiger partial charge in [-0.05, 0) is 48.4 Å². The fourth-order valence-electron chi connectivity index (χ4n) is 2.57. The van der Waals surface area contributed by atoms with E-state index < -0.39 is 24.3 Å². The molecule has 5 heteroatoms. The number of nitrogens with two attached hydrogens (primary N) is 1. The molecule has 0 aliphatic rings. The molecule has 0 spiro atoms. The topological polar surface area (TPSA) is 92.4 Å². The molecule has 0 aliphatic heterocycles. The van der Waals surface area contributed by atoms with Crippen LogP contribution in [0.15, 0.2) is 48.5 Å². The number of carbonyl (C=O) groups is 2. The number of benzene rings is 2. The average Bonchev–Trinajstić information content (AvgIpc) is 2.70. The second-order valence-corrected chi connectivity index (χ2v) is 6.16. The third-order valence-corrected chi connectivity index (χ3v) is 4.05. The number of Topliss-reactive ketones (excluding diaryl/α,β-unsaturated/α-hetero) is 1. The lowest BCUT2D eigenvalue weighted by Crippen LogP contribution is -2.46. The molecule has 0 heterocycles. The van der Waals surface area contributed by atoms with Crippen LogP contribution in [0.5, 0.6) is 0 Å². The predicted octanol–water partition coefficient (Wildman–Crippen LogP) is 1.66. The number of rotatable bonds is 7. The fraction of sp³-hybridized carbons (Fsp3) is 0.273. The van der Waals surface area contributed by atoms with Crippen LogP contribution in [0.25, 0.3) is 0 Å². The summed E-state index contributed by atoms with van der Waals surface area (Å²) in [6.45, 7) is 1.42. The third-order valence-electron chi connectivity index (χ3n) is 4.05. The minimum Gasteiger partial charge on any atom is -0.388 e. The molecule has 2 aromatic carbocycles. The summed E-state index contributed by atoms with van der Waals surface area (Å²) < 4.78 is 0. The van der Waals surface area contributed by atoms with Gasteiger partial charge in [0.25, 0.3) is 5.91 Å². The second-order valence-electron chi connectivity index (χ2n) is 6.16. The van der Waals surface area contributed by atoms with Crippen LogP contribution in [-0.4, -0.2) is 36.0 Å². The van der Waals surface area contributed by atoms with E-state index in [1.165, 1.54) is 5.56 Å². The lowest BCUT2D eigenvalue weighted by Gasteiger charge is -2.14. The molecule has 0 aromatic heterocycles. The van der Waals surface area contributed by atoms with Gasteiger partial charge in [-0.25, -0.2) is 0 Å². The number of hydrogen-bond donors (Lipinski definition) is 3. The lowest BCUT2D eigenvalue weighted by molar-refractivity contribution is -0.123. The molecule has 0 saturated heterocycles. The largest absolute Gasteiger partial charge is 0.388 e. The van der Waals surface area contributed by atoms with Crippen LogP contribution in [0.4, 0.5) is 0 Å². The summed E-state index contributed by atoms with van der Waals surface area (Å²) in [4.78, 5) is 23.7. The number of nitrogens with one attached hydrogen (secondary N) is 1. The summed E-state index contributed by atoms with van der Waals surface area (Å²) in [5.74, 6) is 5.29. The Morgan fingerprint density at radius 3 is 2.44 bits per heavy atom. The number of aliphatic hydroxyl groups is 1. The highest BCUT2D eigenvalue weighted by atomic mass is 16.3. The van der Waals surface area contributed by atoms with Crippen molar-refractivity contribution in [2.75, 3.05) is 13.2 Å². The van der Waals surface area contributed by atoms with Crippen molar-refractivity contribution in [1.29, 1.82) is 0 Å². The zero-order chi connectivity index (χ0) is 19.6. The van der Waals surface area contributed by atoms with E-state index in [9.17, 15) is 9.59 Å². The minimum absolute atomic E-state index is 0.0637. The molecule has 1 amide bonds. The van der Waals surface area contributed by atoms with Crippen molar-refractivity contribution in [3.63, 3.8) is 0 Å². The first-order chi connectivity index (χ1) is 13.1. The summed E-state index contributed by atoms with van der Waals surface area (Å²) in [6.07, 6.45) is 2.12. The standard InChI is InChI=1S/C22H24N2O3/c1-2-4-17-5-3-6-18(13-17)8-7-16-9-11-19(12-10-16)22(27)24-20(14-23)21(26)15-25/h3,5-6,9-13,20,25H,2,4,14-15,23H2,1H3,(H,24,27)/t20-/m0/s1. The van der Waals surface area contributed by atoms with E-state index in [-0.39, 0.29) is 6.54 Å². The Morgan fingerprint density at radius 2 is 1.81 bits per heavy atom. The van der Waals surface area contributed by atoms with E-state index in [0.29, 0.717) is 5.56 Å². The molecule has 27 heavy (non-hydrogen) atoms. The van der Waals surface area contributed by atoms with Gasteiger partial charge in [-0.2, -0.15) is 0 Å². The van der Waals surface area contributed by atoms with Crippen molar-refractivity contribution in [3.05, 3.63) is 70.8 Å². The minimum atomic E-state index is -0.891. The molecule has 2 aromatic rings. The maximum Gasteiger partial charge on any atom is 0.251 e. The zero-order valence-electron chi connectivity index (χ0n) is 15.4. The number of ketones is 1. The Labute approximate surface area is 159 Å². The van der Waals surface area contributed by atoms with Crippen molar-refractivity contribution in [2.24, 2.45) is 5.73 Å². The van der Waals surface area contributed by atoms with Gasteiger partial charge >= 0.3 is 0 Å². The van der Waals surface area contributed by atoms with Crippen molar-refractivity contribution in [3.8, 4) is 11.8 Å².